The van der Waals surface area contributed by atoms with Crippen molar-refractivity contribution in [3.05, 3.63) is 76.7 Å². The Morgan fingerprint density at radius 3 is 2.35 bits per heavy atom. The van der Waals surface area contributed by atoms with E-state index in [0.29, 0.717) is 17.7 Å². The Bertz CT molecular complexity index is 730. The Morgan fingerprint density at radius 2 is 1.78 bits per heavy atom. The van der Waals surface area contributed by atoms with Gasteiger partial charge in [-0.25, -0.2) is 4.39 Å². The zero-order valence-corrected chi connectivity index (χ0v) is 13.1. The molecule has 5 heteroatoms. The molecule has 23 heavy (non-hydrogen) atoms. The molecule has 0 saturated carbocycles. The summed E-state index contributed by atoms with van der Waals surface area (Å²) in [7, 11) is 0. The van der Waals surface area contributed by atoms with E-state index in [1.165, 1.54) is 24.3 Å². The molecule has 0 bridgehead atoms. The van der Waals surface area contributed by atoms with Gasteiger partial charge in [0.05, 0.1) is 0 Å². The van der Waals surface area contributed by atoms with Crippen LogP contribution in [0.2, 0.25) is 0 Å². The molecule has 3 rings (SSSR count). The highest BCUT2D eigenvalue weighted by atomic mass is 19.1. The molecule has 1 aliphatic rings. The number of benzene rings is 2. The maximum atomic E-state index is 13.2. The maximum absolute atomic E-state index is 13.2. The third-order valence-electron chi connectivity index (χ3n) is 4.52. The van der Waals surface area contributed by atoms with Crippen molar-refractivity contribution in [1.82, 2.24) is 5.06 Å². The first-order valence-corrected chi connectivity index (χ1v) is 7.64. The number of hydrogen-bond acceptors (Lipinski definition) is 3. The Hall–Kier alpha value is -2.24. The molecule has 0 fully saturated rings. The molecule has 4 nitrogen and oxygen atoms in total. The molecule has 0 saturated heterocycles. The third-order valence-corrected chi connectivity index (χ3v) is 4.52. The lowest BCUT2D eigenvalue weighted by atomic mass is 10.0. The van der Waals surface area contributed by atoms with Gasteiger partial charge in [-0.05, 0) is 42.8 Å². The van der Waals surface area contributed by atoms with Gasteiger partial charge in [-0.2, -0.15) is 4.74 Å². The Kier molecular flexibility index (Phi) is 3.92. The minimum absolute atomic E-state index is 0.378. The smallest absolute Gasteiger partial charge is 0.274 e. The van der Waals surface area contributed by atoms with Gasteiger partial charge >= 0.3 is 0 Å². The van der Waals surface area contributed by atoms with Crippen molar-refractivity contribution >= 4 is 5.71 Å². The summed E-state index contributed by atoms with van der Waals surface area (Å²) in [6.45, 7) is 3.56. The fourth-order valence-electron chi connectivity index (χ4n) is 3.18. The van der Waals surface area contributed by atoms with Gasteiger partial charge in [0.1, 0.15) is 11.9 Å². The summed E-state index contributed by atoms with van der Waals surface area (Å²) >= 11 is 0. The van der Waals surface area contributed by atoms with Gasteiger partial charge in [0, 0.05) is 18.1 Å². The summed E-state index contributed by atoms with van der Waals surface area (Å²) in [6, 6.07) is 14.5. The first-order chi connectivity index (χ1) is 11.0. The molecular weight excluding hydrogens is 295 g/mol. The van der Waals surface area contributed by atoms with Gasteiger partial charge in [-0.3, -0.25) is 0 Å². The van der Waals surface area contributed by atoms with Crippen molar-refractivity contribution < 1.29 is 14.3 Å². The topological polar surface area (TPSA) is 49.5 Å². The summed E-state index contributed by atoms with van der Waals surface area (Å²) in [5.41, 5.74) is 0.543. The molecule has 2 aromatic rings. The monoisotopic (exact) mass is 314 g/mol. The Labute approximate surface area is 134 Å². The van der Waals surface area contributed by atoms with Crippen LogP contribution in [0.25, 0.3) is 0 Å². The van der Waals surface area contributed by atoms with Crippen LogP contribution in [-0.2, 0) is 5.66 Å². The average molecular weight is 314 g/mol. The molecular formula is C18H19FN2O2. The average Bonchev–Trinajstić information content (AvgIpc) is 2.77. The summed E-state index contributed by atoms with van der Waals surface area (Å²) < 4.78 is 14.0. The molecule has 0 unspecified atom stereocenters. The fourth-order valence-corrected chi connectivity index (χ4v) is 3.18. The lowest BCUT2D eigenvalue weighted by Gasteiger charge is -2.30. The zero-order chi connectivity index (χ0) is 16.6. The predicted octanol–water partition coefficient (Wildman–Crippen LogP) is 3.48. The maximum Gasteiger partial charge on any atom is 0.274 e. The standard InChI is InChI=1S/C18H19FN2O2/c1-3-16-17(13-7-5-4-6-8-13)21(23)18(2,20(16)22)14-9-11-15(19)12-10-14/h4-12,16,22H,3H2,1-2H3/t16-,18-/m1/s1. The molecule has 1 N–H and O–H groups in total. The quantitative estimate of drug-likeness (QED) is 0.697. The van der Waals surface area contributed by atoms with Crippen LogP contribution in [0.4, 0.5) is 4.39 Å². The van der Waals surface area contributed by atoms with Gasteiger partial charge in [0.15, 0.2) is 0 Å². The predicted molar refractivity (Wildman–Crippen MR) is 85.6 cm³/mol. The molecule has 0 amide bonds. The molecule has 2 aromatic carbocycles. The molecule has 0 aromatic heterocycles. The Morgan fingerprint density at radius 1 is 1.17 bits per heavy atom. The van der Waals surface area contributed by atoms with Crippen molar-refractivity contribution in [3.63, 3.8) is 0 Å². The van der Waals surface area contributed by atoms with E-state index < -0.39 is 11.7 Å². The number of hydroxylamine groups is 3. The van der Waals surface area contributed by atoms with Crippen molar-refractivity contribution in [2.24, 2.45) is 0 Å². The van der Waals surface area contributed by atoms with E-state index in [0.717, 1.165) is 15.4 Å². The minimum Gasteiger partial charge on any atom is -0.622 e. The summed E-state index contributed by atoms with van der Waals surface area (Å²) in [5.74, 6) is -0.378. The van der Waals surface area contributed by atoms with Crippen LogP contribution in [-0.4, -0.2) is 26.8 Å². The van der Waals surface area contributed by atoms with Crippen molar-refractivity contribution in [2.75, 3.05) is 0 Å². The number of nitrogens with zero attached hydrogens (tertiary/aromatic N) is 2. The molecule has 0 spiro atoms. The molecule has 0 radical (unpaired) electrons. The van der Waals surface area contributed by atoms with Gasteiger partial charge in [0.2, 0.25) is 5.71 Å². The molecule has 2 atom stereocenters. The lowest BCUT2D eigenvalue weighted by Crippen LogP contribution is -2.46. The third kappa shape index (κ3) is 2.33. The van der Waals surface area contributed by atoms with E-state index in [9.17, 15) is 14.8 Å². The van der Waals surface area contributed by atoms with E-state index >= 15 is 0 Å². The lowest BCUT2D eigenvalue weighted by molar-refractivity contribution is -0.595. The first-order valence-electron chi connectivity index (χ1n) is 7.64. The number of rotatable bonds is 3. The largest absolute Gasteiger partial charge is 0.622 e. The molecule has 1 heterocycles. The van der Waals surface area contributed by atoms with Gasteiger partial charge < -0.3 is 10.4 Å². The van der Waals surface area contributed by atoms with E-state index in [4.69, 9.17) is 0 Å². The summed E-state index contributed by atoms with van der Waals surface area (Å²) in [4.78, 5) is 0. The zero-order valence-electron chi connectivity index (χ0n) is 13.1. The van der Waals surface area contributed by atoms with Gasteiger partial charge in [-0.15, -0.1) is 5.06 Å². The summed E-state index contributed by atoms with van der Waals surface area (Å²) in [6.07, 6.45) is 0.580. The number of halogens is 1. The van der Waals surface area contributed by atoms with E-state index in [1.807, 2.05) is 37.3 Å². The molecule has 0 aliphatic carbocycles. The van der Waals surface area contributed by atoms with E-state index in [1.54, 1.807) is 6.92 Å². The normalized spacial score (nSPS) is 25.1. The highest BCUT2D eigenvalue weighted by Gasteiger charge is 2.55. The van der Waals surface area contributed by atoms with Crippen molar-refractivity contribution in [2.45, 2.75) is 32.0 Å². The summed E-state index contributed by atoms with van der Waals surface area (Å²) in [5, 5.41) is 24.9. The fraction of sp³-hybridized carbons (Fsp3) is 0.278. The van der Waals surface area contributed by atoms with Gasteiger partial charge in [0.25, 0.3) is 5.66 Å². The second-order valence-corrected chi connectivity index (χ2v) is 5.84. The van der Waals surface area contributed by atoms with Crippen molar-refractivity contribution in [3.8, 4) is 0 Å². The molecule has 1 aliphatic heterocycles. The van der Waals surface area contributed by atoms with Crippen LogP contribution in [0.15, 0.2) is 54.6 Å². The first kappa shape index (κ1) is 15.6. The van der Waals surface area contributed by atoms with E-state index in [2.05, 4.69) is 0 Å². The molecule has 120 valence electrons. The SMILES string of the molecule is CC[C@@H]1C(c2ccccc2)=[N+]([O-])[C@](C)(c2ccc(F)cc2)N1O. The minimum atomic E-state index is -1.29. The van der Waals surface area contributed by atoms with Crippen molar-refractivity contribution in [1.29, 1.82) is 0 Å². The highest BCUT2D eigenvalue weighted by molar-refractivity contribution is 6.01. The van der Waals surface area contributed by atoms with Crippen LogP contribution in [0.5, 0.6) is 0 Å². The van der Waals surface area contributed by atoms with Crippen LogP contribution in [0.1, 0.15) is 31.4 Å². The second-order valence-electron chi connectivity index (χ2n) is 5.84. The van der Waals surface area contributed by atoms with Gasteiger partial charge in [-0.1, -0.05) is 25.1 Å². The number of hydrogen-bond donors (Lipinski definition) is 1. The van der Waals surface area contributed by atoms with Crippen LogP contribution < -0.4 is 0 Å². The van der Waals surface area contributed by atoms with E-state index in [-0.39, 0.29) is 5.82 Å². The Balaban J connectivity index is 2.18. The van der Waals surface area contributed by atoms with Crippen LogP contribution in [0.3, 0.4) is 0 Å². The highest BCUT2D eigenvalue weighted by Crippen LogP contribution is 2.37. The second kappa shape index (κ2) is 5.76. The van der Waals surface area contributed by atoms with Crippen LogP contribution in [0, 0.1) is 11.0 Å². The van der Waals surface area contributed by atoms with Crippen LogP contribution >= 0.6 is 0 Å².